The first-order valence-corrected chi connectivity index (χ1v) is 18.6. The van der Waals surface area contributed by atoms with Crippen LogP contribution in [0.3, 0.4) is 0 Å². The summed E-state index contributed by atoms with van der Waals surface area (Å²) in [7, 11) is -4.21. The van der Waals surface area contributed by atoms with E-state index in [0.29, 0.717) is 0 Å². The fourth-order valence-electron chi connectivity index (χ4n) is 5.22. The zero-order valence-electron chi connectivity index (χ0n) is 30.3. The van der Waals surface area contributed by atoms with E-state index in [4.69, 9.17) is 10.5 Å². The Morgan fingerprint density at radius 1 is 0.262 bits per heavy atom. The van der Waals surface area contributed by atoms with Crippen molar-refractivity contribution in [2.75, 3.05) is 24.6 Å². The molecule has 0 fully saturated rings. The van der Waals surface area contributed by atoms with E-state index in [1.54, 1.807) is 0 Å². The Balaban J connectivity index is 6.94. The molecule has 0 aromatic rings. The van der Waals surface area contributed by atoms with E-state index in [2.05, 4.69) is 0 Å². The molecule has 0 N–H and O–H groups in total. The molecule has 0 atom stereocenters. The highest BCUT2D eigenvalue weighted by Gasteiger charge is 2.97. The van der Waals surface area contributed by atoms with Gasteiger partial charge in [0.15, 0.2) is 0 Å². The molecule has 0 bridgehead atoms. The van der Waals surface area contributed by atoms with Crippen LogP contribution in [-0.4, -0.2) is 120 Å². The van der Waals surface area contributed by atoms with Crippen LogP contribution < -0.4 is 0 Å². The molecule has 37 heteroatoms. The molecule has 0 unspecified atom stereocenters. The van der Waals surface area contributed by atoms with Crippen molar-refractivity contribution in [3.8, 4) is 12.1 Å². The number of hydrogen-bond acceptors (Lipinski definition) is 2. The van der Waals surface area contributed by atoms with E-state index in [1.807, 2.05) is 0 Å². The normalized spacial score (nSPS) is 16.1. The summed E-state index contributed by atoms with van der Waals surface area (Å²) in [6, 6.07) is 2.32. The summed E-state index contributed by atoms with van der Waals surface area (Å²) in [4.78, 5) is 0. The van der Waals surface area contributed by atoms with Crippen LogP contribution in [0.2, 0.25) is 0 Å². The third-order valence-electron chi connectivity index (χ3n) is 9.22. The standard InChI is InChI=1S/C28H20F34N2P/c29-13(30,15(33,34)17(37,38)19(41,42)21(45,46)23(49,50)25(53,54)27(57,58)59)5-1-9-65(11-3-7-63,12-4-8-64)10-2-6-14(31,32)16(35,36)18(39,40)20(43,44)22(47,48)24(51,52)26(55,56)28(60,61)62/h1-6,9-12H2/q+1. The molecular formula is C28H20F34N2P+. The zero-order valence-corrected chi connectivity index (χ0v) is 31.2. The largest absolute Gasteiger partial charge is 0.460 e. The molecular weight excluding hydrogens is 1040 g/mol. The minimum absolute atomic E-state index is 1.09. The number of hydrogen-bond donors (Lipinski definition) is 0. The first-order valence-electron chi connectivity index (χ1n) is 16.1. The second kappa shape index (κ2) is 17.8. The van der Waals surface area contributed by atoms with Crippen LogP contribution in [-0.2, 0) is 0 Å². The lowest BCUT2D eigenvalue weighted by molar-refractivity contribution is -0.461. The molecule has 384 valence electrons. The highest BCUT2D eigenvalue weighted by molar-refractivity contribution is 7.75. The molecule has 0 aliphatic rings. The number of nitriles is 2. The van der Waals surface area contributed by atoms with Crippen molar-refractivity contribution in [3.05, 3.63) is 0 Å². The molecule has 0 heterocycles. The van der Waals surface area contributed by atoms with Crippen molar-refractivity contribution in [1.82, 2.24) is 0 Å². The predicted octanol–water partition coefficient (Wildman–Crippen LogP) is 14.4. The predicted molar refractivity (Wildman–Crippen MR) is 147 cm³/mol. The number of nitrogens with zero attached hydrogens (tertiary/aromatic N) is 2. The van der Waals surface area contributed by atoms with Gasteiger partial charge in [-0.1, -0.05) is 0 Å². The monoisotopic (exact) mass is 1060 g/mol. The first kappa shape index (κ1) is 62.0. The quantitative estimate of drug-likeness (QED) is 0.0714. The van der Waals surface area contributed by atoms with Crippen LogP contribution in [0, 0.1) is 22.7 Å². The maximum Gasteiger partial charge on any atom is 0.460 e. The summed E-state index contributed by atoms with van der Waals surface area (Å²) in [6.45, 7) is 0. The molecule has 65 heavy (non-hydrogen) atoms. The second-order valence-electron chi connectivity index (χ2n) is 13.6. The van der Waals surface area contributed by atoms with Crippen molar-refractivity contribution in [3.63, 3.8) is 0 Å². The molecule has 0 aromatic carbocycles. The molecule has 0 radical (unpaired) electrons. The van der Waals surface area contributed by atoms with Crippen LogP contribution in [0.1, 0.15) is 38.5 Å². The molecule has 0 aliphatic heterocycles. The van der Waals surface area contributed by atoms with Crippen molar-refractivity contribution < 1.29 is 149 Å². The smallest absolute Gasteiger partial charge is 0.200 e. The second-order valence-corrected chi connectivity index (χ2v) is 18.0. The van der Waals surface area contributed by atoms with Gasteiger partial charge in [-0.15, -0.1) is 0 Å². The third-order valence-corrected chi connectivity index (χ3v) is 14.1. The number of alkyl halides is 34. The highest BCUT2D eigenvalue weighted by Crippen LogP contribution is 2.68. The van der Waals surface area contributed by atoms with E-state index in [0.717, 1.165) is 12.1 Å². The molecule has 0 aromatic heterocycles. The van der Waals surface area contributed by atoms with Gasteiger partial charge in [-0.05, 0) is 12.8 Å². The lowest BCUT2D eigenvalue weighted by Crippen LogP contribution is -2.74. The van der Waals surface area contributed by atoms with Crippen molar-refractivity contribution in [2.45, 2.75) is 134 Å². The van der Waals surface area contributed by atoms with E-state index < -0.39 is 166 Å². The van der Waals surface area contributed by atoms with Gasteiger partial charge in [0, 0.05) is 20.1 Å². The van der Waals surface area contributed by atoms with E-state index in [9.17, 15) is 149 Å². The molecule has 0 saturated heterocycles. The summed E-state index contributed by atoms with van der Waals surface area (Å²) in [5.41, 5.74) is 0. The Bertz CT molecular complexity index is 1590. The highest BCUT2D eigenvalue weighted by atomic mass is 31.2. The van der Waals surface area contributed by atoms with Crippen LogP contribution in [0.5, 0.6) is 0 Å². The molecule has 0 saturated carbocycles. The Morgan fingerprint density at radius 3 is 0.631 bits per heavy atom. The van der Waals surface area contributed by atoms with Crippen LogP contribution in [0.25, 0.3) is 0 Å². The number of halogens is 34. The van der Waals surface area contributed by atoms with Gasteiger partial charge in [0.2, 0.25) is 0 Å². The molecule has 2 nitrogen and oxygen atoms in total. The van der Waals surface area contributed by atoms with Gasteiger partial charge < -0.3 is 0 Å². The molecule has 0 rings (SSSR count). The lowest BCUT2D eigenvalue weighted by atomic mass is 9.88. The summed E-state index contributed by atoms with van der Waals surface area (Å²) in [5, 5.41) is 17.7. The molecule has 0 aliphatic carbocycles. The molecule has 0 amide bonds. The molecule has 0 spiro atoms. The number of rotatable bonds is 24. The average Bonchev–Trinajstić information content (AvgIpc) is 3.10. The summed E-state index contributed by atoms with van der Waals surface area (Å²) in [5.74, 6) is -119. The van der Waals surface area contributed by atoms with Crippen LogP contribution in [0.4, 0.5) is 149 Å². The Labute approximate surface area is 338 Å². The van der Waals surface area contributed by atoms with E-state index >= 15 is 0 Å². The van der Waals surface area contributed by atoms with Gasteiger partial charge in [-0.2, -0.15) is 160 Å². The van der Waals surface area contributed by atoms with E-state index in [-0.39, 0.29) is 0 Å². The Morgan fingerprint density at radius 2 is 0.446 bits per heavy atom. The van der Waals surface area contributed by atoms with Gasteiger partial charge in [-0.3, -0.25) is 0 Å². The topological polar surface area (TPSA) is 47.6 Å². The average molecular weight is 1060 g/mol. The van der Waals surface area contributed by atoms with Gasteiger partial charge in [0.25, 0.3) is 0 Å². The van der Waals surface area contributed by atoms with Gasteiger partial charge in [-0.25, -0.2) is 0 Å². The summed E-state index contributed by atoms with van der Waals surface area (Å²) >= 11 is 0. The minimum atomic E-state index is -9.02. The van der Waals surface area contributed by atoms with Crippen molar-refractivity contribution in [2.24, 2.45) is 0 Å². The summed E-state index contributed by atoms with van der Waals surface area (Å²) in [6.07, 6.45) is -34.3. The third kappa shape index (κ3) is 9.58. The van der Waals surface area contributed by atoms with Gasteiger partial charge in [0.05, 0.1) is 49.6 Å². The maximum absolute atomic E-state index is 14.5. The summed E-state index contributed by atoms with van der Waals surface area (Å²) < 4.78 is 462. The van der Waals surface area contributed by atoms with Gasteiger partial charge >= 0.3 is 95.3 Å². The van der Waals surface area contributed by atoms with Crippen molar-refractivity contribution >= 4 is 7.26 Å². The lowest BCUT2D eigenvalue weighted by Gasteiger charge is -2.43. The minimum Gasteiger partial charge on any atom is -0.200 e. The fourth-order valence-corrected chi connectivity index (χ4v) is 9.37. The SMILES string of the molecule is N#CCC[P+](CCC#N)(CCCC(F)(F)C(F)(F)C(F)(F)C(F)(F)C(F)(F)C(F)(F)C(F)(F)C(F)(F)F)CCCC(F)(F)C(F)(F)C(F)(F)C(F)(F)C(F)(F)C(F)(F)C(F)(F)C(F)(F)F. The van der Waals surface area contributed by atoms with Crippen LogP contribution >= 0.6 is 7.26 Å². The first-order chi connectivity index (χ1) is 28.0. The fraction of sp³-hybridized carbons (Fsp3) is 0.929. The van der Waals surface area contributed by atoms with E-state index in [1.165, 1.54) is 0 Å². The zero-order chi connectivity index (χ0) is 53.0. The Hall–Kier alpha value is -2.97. The van der Waals surface area contributed by atoms with Gasteiger partial charge in [0.1, 0.15) is 0 Å². The van der Waals surface area contributed by atoms with Crippen LogP contribution in [0.15, 0.2) is 0 Å². The van der Waals surface area contributed by atoms with Crippen molar-refractivity contribution in [1.29, 1.82) is 10.5 Å². The maximum atomic E-state index is 14.5. The Kier molecular flexibility index (Phi) is 17.0.